The molecule has 0 atom stereocenters. The Morgan fingerprint density at radius 3 is 2.43 bits per heavy atom. The van der Waals surface area contributed by atoms with Crippen LogP contribution < -0.4 is 5.32 Å². The molecule has 1 saturated carbocycles. The number of hydrogen-bond donors (Lipinski definition) is 1. The standard InChI is InChI=1S/C21H23N3O3S/c1-24(17-7-3-2-4-8-17)21(25)15-11-13-16(14-12-15)22-20-18-9-5-6-10-19(18)28(26,27)23-20/h5-6,9-14,17H,2-4,7-8H2,1H3,(H,22,23). The average Bonchev–Trinajstić information content (AvgIpc) is 2.98. The van der Waals surface area contributed by atoms with E-state index in [0.29, 0.717) is 28.7 Å². The number of fused-ring (bicyclic) bond motifs is 1. The van der Waals surface area contributed by atoms with Gasteiger partial charge in [0.15, 0.2) is 5.84 Å². The van der Waals surface area contributed by atoms with Crippen molar-refractivity contribution < 1.29 is 13.2 Å². The molecule has 0 spiro atoms. The minimum Gasteiger partial charge on any atom is -0.339 e. The van der Waals surface area contributed by atoms with Crippen molar-refractivity contribution in [3.63, 3.8) is 0 Å². The van der Waals surface area contributed by atoms with Gasteiger partial charge >= 0.3 is 0 Å². The lowest BCUT2D eigenvalue weighted by Gasteiger charge is -2.31. The van der Waals surface area contributed by atoms with Crippen LogP contribution in [0.2, 0.25) is 0 Å². The molecule has 28 heavy (non-hydrogen) atoms. The lowest BCUT2D eigenvalue weighted by atomic mass is 9.94. The molecule has 1 amide bonds. The first-order valence-electron chi connectivity index (χ1n) is 9.54. The van der Waals surface area contributed by atoms with E-state index in [-0.39, 0.29) is 10.8 Å². The van der Waals surface area contributed by atoms with Gasteiger partial charge in [0, 0.05) is 29.9 Å². The largest absolute Gasteiger partial charge is 0.339 e. The van der Waals surface area contributed by atoms with E-state index >= 15 is 0 Å². The Labute approximate surface area is 165 Å². The molecule has 0 saturated heterocycles. The minimum absolute atomic E-state index is 0.0181. The molecule has 0 aromatic heterocycles. The zero-order chi connectivity index (χ0) is 19.7. The monoisotopic (exact) mass is 397 g/mol. The molecule has 0 bridgehead atoms. The van der Waals surface area contributed by atoms with Crippen molar-refractivity contribution in [3.05, 3.63) is 59.7 Å². The summed E-state index contributed by atoms with van der Waals surface area (Å²) in [6, 6.07) is 14.1. The van der Waals surface area contributed by atoms with Gasteiger partial charge in [-0.15, -0.1) is 4.40 Å². The average molecular weight is 398 g/mol. The number of amides is 1. The van der Waals surface area contributed by atoms with Gasteiger partial charge in [0.25, 0.3) is 15.9 Å². The molecule has 0 unspecified atom stereocenters. The van der Waals surface area contributed by atoms with Crippen molar-refractivity contribution in [1.82, 2.24) is 4.90 Å². The lowest BCUT2D eigenvalue weighted by molar-refractivity contribution is 0.0696. The van der Waals surface area contributed by atoms with E-state index in [0.717, 1.165) is 12.8 Å². The Bertz CT molecular complexity index is 1020. The molecule has 7 heteroatoms. The summed E-state index contributed by atoms with van der Waals surface area (Å²) in [6.07, 6.45) is 5.74. The number of nitrogens with one attached hydrogen (secondary N) is 1. The van der Waals surface area contributed by atoms with Crippen LogP contribution in [0.1, 0.15) is 48.0 Å². The SMILES string of the molecule is CN(C(=O)c1ccc(NC2=NS(=O)(=O)c3ccccc32)cc1)C1CCCCC1. The fraction of sp³-hybridized carbons (Fsp3) is 0.333. The van der Waals surface area contributed by atoms with Gasteiger partial charge in [-0.25, -0.2) is 0 Å². The summed E-state index contributed by atoms with van der Waals surface area (Å²) in [4.78, 5) is 14.8. The first-order valence-corrected chi connectivity index (χ1v) is 11.0. The Hall–Kier alpha value is -2.67. The number of nitrogens with zero attached hydrogens (tertiary/aromatic N) is 2. The second-order valence-corrected chi connectivity index (χ2v) is 8.89. The molecule has 2 aliphatic rings. The highest BCUT2D eigenvalue weighted by molar-refractivity contribution is 7.90. The fourth-order valence-corrected chi connectivity index (χ4v) is 5.04. The summed E-state index contributed by atoms with van der Waals surface area (Å²) < 4.78 is 28.1. The molecule has 4 rings (SSSR count). The van der Waals surface area contributed by atoms with Crippen LogP contribution in [0, 0.1) is 0 Å². The van der Waals surface area contributed by atoms with E-state index in [1.165, 1.54) is 19.3 Å². The molecular weight excluding hydrogens is 374 g/mol. The van der Waals surface area contributed by atoms with Gasteiger partial charge in [0.1, 0.15) is 4.90 Å². The van der Waals surface area contributed by atoms with Gasteiger partial charge < -0.3 is 10.2 Å². The summed E-state index contributed by atoms with van der Waals surface area (Å²) in [5.41, 5.74) is 1.86. The van der Waals surface area contributed by atoms with Crippen LogP contribution in [-0.2, 0) is 10.0 Å². The van der Waals surface area contributed by atoms with Crippen molar-refractivity contribution in [1.29, 1.82) is 0 Å². The zero-order valence-electron chi connectivity index (χ0n) is 15.8. The molecule has 1 aliphatic heterocycles. The Morgan fingerprint density at radius 1 is 1.04 bits per heavy atom. The van der Waals surface area contributed by atoms with Crippen LogP contribution in [0.5, 0.6) is 0 Å². The number of sulfonamides is 1. The molecule has 1 aliphatic carbocycles. The first kappa shape index (κ1) is 18.7. The molecule has 2 aromatic rings. The summed E-state index contributed by atoms with van der Waals surface area (Å²) in [5, 5.41) is 3.06. The van der Waals surface area contributed by atoms with Crippen LogP contribution >= 0.6 is 0 Å². The number of carbonyl (C=O) groups is 1. The van der Waals surface area contributed by atoms with Crippen molar-refractivity contribution in [2.45, 2.75) is 43.0 Å². The molecule has 6 nitrogen and oxygen atoms in total. The van der Waals surface area contributed by atoms with Crippen LogP contribution in [-0.4, -0.2) is 38.2 Å². The molecule has 1 N–H and O–H groups in total. The van der Waals surface area contributed by atoms with Gasteiger partial charge in [0.05, 0.1) is 0 Å². The smallest absolute Gasteiger partial charge is 0.285 e. The second kappa shape index (κ2) is 7.39. The maximum atomic E-state index is 12.8. The maximum Gasteiger partial charge on any atom is 0.285 e. The highest BCUT2D eigenvalue weighted by atomic mass is 32.2. The predicted molar refractivity (Wildman–Crippen MR) is 109 cm³/mol. The van der Waals surface area contributed by atoms with E-state index in [1.54, 1.807) is 48.5 Å². The summed E-state index contributed by atoms with van der Waals surface area (Å²) in [7, 11) is -1.78. The Balaban J connectivity index is 1.49. The zero-order valence-corrected chi connectivity index (χ0v) is 16.6. The van der Waals surface area contributed by atoms with Crippen molar-refractivity contribution >= 4 is 27.5 Å². The van der Waals surface area contributed by atoms with E-state index in [2.05, 4.69) is 9.71 Å². The number of amidine groups is 1. The van der Waals surface area contributed by atoms with Crippen LogP contribution in [0.15, 0.2) is 57.8 Å². The second-order valence-electron chi connectivity index (χ2n) is 7.32. The third-order valence-corrected chi connectivity index (χ3v) is 6.80. The van der Waals surface area contributed by atoms with E-state index in [9.17, 15) is 13.2 Å². The quantitative estimate of drug-likeness (QED) is 0.857. The number of benzene rings is 2. The third-order valence-electron chi connectivity index (χ3n) is 5.47. The summed E-state index contributed by atoms with van der Waals surface area (Å²) in [6.45, 7) is 0. The molecular formula is C21H23N3O3S. The van der Waals surface area contributed by atoms with Gasteiger partial charge in [-0.2, -0.15) is 8.42 Å². The summed E-state index contributed by atoms with van der Waals surface area (Å²) >= 11 is 0. The molecule has 146 valence electrons. The van der Waals surface area contributed by atoms with Gasteiger partial charge in [0.2, 0.25) is 0 Å². The number of hydrogen-bond acceptors (Lipinski definition) is 4. The Kier molecular flexibility index (Phi) is 4.93. The predicted octanol–water partition coefficient (Wildman–Crippen LogP) is 3.65. The van der Waals surface area contributed by atoms with Gasteiger partial charge in [-0.3, -0.25) is 4.79 Å². The summed E-state index contributed by atoms with van der Waals surface area (Å²) in [5.74, 6) is 0.318. The van der Waals surface area contributed by atoms with Crippen LogP contribution in [0.3, 0.4) is 0 Å². The number of carbonyl (C=O) groups excluding carboxylic acids is 1. The van der Waals surface area contributed by atoms with Gasteiger partial charge in [-0.1, -0.05) is 31.4 Å². The maximum absolute atomic E-state index is 12.8. The number of anilines is 1. The first-order chi connectivity index (χ1) is 13.5. The lowest BCUT2D eigenvalue weighted by Crippen LogP contribution is -2.38. The molecule has 2 aromatic carbocycles. The van der Waals surface area contributed by atoms with E-state index < -0.39 is 10.0 Å². The van der Waals surface area contributed by atoms with Crippen molar-refractivity contribution in [3.8, 4) is 0 Å². The van der Waals surface area contributed by atoms with Crippen molar-refractivity contribution in [2.24, 2.45) is 4.40 Å². The molecule has 0 radical (unpaired) electrons. The normalized spacial score (nSPS) is 18.2. The Morgan fingerprint density at radius 2 is 1.71 bits per heavy atom. The van der Waals surface area contributed by atoms with Crippen LogP contribution in [0.4, 0.5) is 5.69 Å². The number of rotatable bonds is 3. The molecule has 1 fully saturated rings. The highest BCUT2D eigenvalue weighted by Gasteiger charge is 2.28. The topological polar surface area (TPSA) is 78.8 Å². The highest BCUT2D eigenvalue weighted by Crippen LogP contribution is 2.27. The van der Waals surface area contributed by atoms with E-state index in [4.69, 9.17) is 0 Å². The van der Waals surface area contributed by atoms with Gasteiger partial charge in [-0.05, 0) is 49.2 Å². The van der Waals surface area contributed by atoms with Crippen molar-refractivity contribution in [2.75, 3.05) is 12.4 Å². The third kappa shape index (κ3) is 3.54. The van der Waals surface area contributed by atoms with Crippen LogP contribution in [0.25, 0.3) is 0 Å². The molecule has 1 heterocycles. The van der Waals surface area contributed by atoms with E-state index in [1.807, 2.05) is 11.9 Å². The minimum atomic E-state index is -3.66. The fourth-order valence-electron chi connectivity index (χ4n) is 3.87.